The van der Waals surface area contributed by atoms with E-state index >= 15 is 0 Å². The van der Waals surface area contributed by atoms with Crippen molar-refractivity contribution in [2.45, 2.75) is 6.92 Å². The number of H-pyrrole nitrogens is 3. The number of aromatic amines is 3. The van der Waals surface area contributed by atoms with Gasteiger partial charge in [-0.15, -0.1) is 22.7 Å². The number of ketones is 2. The number of carbonyl (C=O) groups is 3. The summed E-state index contributed by atoms with van der Waals surface area (Å²) >= 11 is 2.49. The van der Waals surface area contributed by atoms with Crippen LogP contribution in [0.2, 0.25) is 0 Å². The molecule has 46 heavy (non-hydrogen) atoms. The van der Waals surface area contributed by atoms with Crippen LogP contribution in [-0.2, 0) is 4.79 Å². The van der Waals surface area contributed by atoms with Gasteiger partial charge in [-0.25, -0.2) is 15.0 Å². The van der Waals surface area contributed by atoms with Crippen molar-refractivity contribution in [3.8, 4) is 17.6 Å². The van der Waals surface area contributed by atoms with E-state index in [1.165, 1.54) is 29.0 Å². The highest BCUT2D eigenvalue weighted by Gasteiger charge is 2.19. The number of carboxylic acids is 1. The summed E-state index contributed by atoms with van der Waals surface area (Å²) in [5.74, 6) is -0.522. The third-order valence-corrected chi connectivity index (χ3v) is 7.52. The van der Waals surface area contributed by atoms with Gasteiger partial charge in [0.1, 0.15) is 18.1 Å². The summed E-state index contributed by atoms with van der Waals surface area (Å²) in [6.07, 6.45) is 5.57. The number of nitriles is 1. The molecule has 0 aliphatic heterocycles. The van der Waals surface area contributed by atoms with E-state index in [2.05, 4.69) is 40.9 Å². The Kier molecular flexibility index (Phi) is 10.9. The average Bonchev–Trinajstić information content (AvgIpc) is 3.90. The highest BCUT2D eigenvalue weighted by Crippen LogP contribution is 2.25. The van der Waals surface area contributed by atoms with Crippen LogP contribution in [-0.4, -0.2) is 64.1 Å². The molecule has 0 aliphatic carbocycles. The van der Waals surface area contributed by atoms with Crippen LogP contribution < -0.4 is 5.73 Å². The number of rotatable bonds is 5. The van der Waals surface area contributed by atoms with Gasteiger partial charge in [-0.3, -0.25) is 24.9 Å². The number of benzene rings is 2. The Labute approximate surface area is 268 Å². The number of aliphatic carboxylic acids is 1. The van der Waals surface area contributed by atoms with E-state index in [4.69, 9.17) is 20.6 Å². The van der Waals surface area contributed by atoms with Gasteiger partial charge >= 0.3 is 0 Å². The molecule has 2 aromatic carbocycles. The molecule has 0 amide bonds. The first-order chi connectivity index (χ1) is 22.3. The molecule has 7 N–H and O–H groups in total. The number of carboxylic acid groups (broad SMARTS) is 1. The molecule has 16 heteroatoms. The van der Waals surface area contributed by atoms with E-state index < -0.39 is 5.97 Å². The van der Waals surface area contributed by atoms with Crippen LogP contribution in [0.1, 0.15) is 43.3 Å². The monoisotopic (exact) mass is 652 g/mol. The van der Waals surface area contributed by atoms with E-state index in [0.717, 1.165) is 35.1 Å². The van der Waals surface area contributed by atoms with Gasteiger partial charge < -0.3 is 20.8 Å². The third kappa shape index (κ3) is 7.79. The molecular formula is C30H24N10O4S2. The number of carbonyl (C=O) groups excluding carboxylic acids is 2. The van der Waals surface area contributed by atoms with Gasteiger partial charge in [0.15, 0.2) is 21.5 Å². The maximum absolute atomic E-state index is 12.6. The number of thiazole rings is 2. The van der Waals surface area contributed by atoms with Gasteiger partial charge in [-0.05, 0) is 12.1 Å². The first-order valence-electron chi connectivity index (χ1n) is 13.1. The number of nitrogens with one attached hydrogen (secondary N) is 4. The predicted octanol–water partition coefficient (Wildman–Crippen LogP) is 5.01. The molecule has 7 aromatic rings. The van der Waals surface area contributed by atoms with E-state index in [1.807, 2.05) is 54.6 Å². The summed E-state index contributed by atoms with van der Waals surface area (Å²) < 4.78 is 0. The van der Waals surface area contributed by atoms with Gasteiger partial charge in [0.05, 0.1) is 17.5 Å². The minimum absolute atomic E-state index is 0.0942. The lowest BCUT2D eigenvalue weighted by Crippen LogP contribution is -1.99. The predicted molar refractivity (Wildman–Crippen MR) is 174 cm³/mol. The Morgan fingerprint density at radius 1 is 0.913 bits per heavy atom. The van der Waals surface area contributed by atoms with Gasteiger partial charge in [-0.2, -0.15) is 10.4 Å². The highest BCUT2D eigenvalue weighted by molar-refractivity contribution is 7.12. The summed E-state index contributed by atoms with van der Waals surface area (Å²) in [6.45, 7) is 1.08. The smallest absolute Gasteiger partial charge is 0.300 e. The van der Waals surface area contributed by atoms with Crippen LogP contribution in [0.5, 0.6) is 0 Å². The van der Waals surface area contributed by atoms with Crippen LogP contribution in [0.3, 0.4) is 0 Å². The zero-order valence-electron chi connectivity index (χ0n) is 23.9. The molecule has 0 radical (unpaired) electrons. The Bertz CT molecular complexity index is 2150. The molecule has 0 unspecified atom stereocenters. The number of hydrogen-bond donors (Lipinski definition) is 6. The standard InChI is InChI=1S/C14H9N5OS.C13H7N3OS.C2H4O2.CH4N2/c20-12(9-5-15-10-4-2-1-3-8(9)10)14-18-11(6-21-14)13-16-7-17-19-13;14-5-8-7-18-13(16-8)12(17)10-6-15-11-4-2-1-3-9(10)11;1-2(3)4;2-1-3/h1-7,15H,(H,16,17,19);1-4,6-7,15H;1H3,(H,3,4);1H,(H3,2,3). The lowest BCUT2D eigenvalue weighted by Gasteiger charge is -1.94. The summed E-state index contributed by atoms with van der Waals surface area (Å²) in [6, 6.07) is 17.2. The molecule has 230 valence electrons. The van der Waals surface area contributed by atoms with Gasteiger partial charge in [-0.1, -0.05) is 36.4 Å². The van der Waals surface area contributed by atoms with E-state index in [9.17, 15) is 9.59 Å². The van der Waals surface area contributed by atoms with E-state index in [0.29, 0.717) is 32.7 Å². The largest absolute Gasteiger partial charge is 0.481 e. The molecule has 0 aliphatic rings. The van der Waals surface area contributed by atoms with Crippen molar-refractivity contribution in [3.63, 3.8) is 0 Å². The zero-order valence-corrected chi connectivity index (χ0v) is 25.5. The minimum Gasteiger partial charge on any atom is -0.481 e. The number of nitrogens with two attached hydrogens (primary N) is 1. The minimum atomic E-state index is -0.833. The van der Waals surface area contributed by atoms with Crippen LogP contribution in [0.25, 0.3) is 33.3 Å². The van der Waals surface area contributed by atoms with Crippen molar-refractivity contribution in [2.75, 3.05) is 0 Å². The van der Waals surface area contributed by atoms with Crippen molar-refractivity contribution in [3.05, 3.63) is 105 Å². The Morgan fingerprint density at radius 3 is 1.89 bits per heavy atom. The highest BCUT2D eigenvalue weighted by atomic mass is 32.1. The molecule has 5 aromatic heterocycles. The molecule has 0 fully saturated rings. The number of fused-ring (bicyclic) bond motifs is 2. The zero-order chi connectivity index (χ0) is 33.1. The number of nitrogens with zero attached hydrogens (tertiary/aromatic N) is 5. The van der Waals surface area contributed by atoms with Crippen LogP contribution >= 0.6 is 22.7 Å². The average molecular weight is 653 g/mol. The van der Waals surface area contributed by atoms with Crippen molar-refractivity contribution in [1.29, 1.82) is 10.7 Å². The van der Waals surface area contributed by atoms with Crippen LogP contribution in [0.4, 0.5) is 0 Å². The molecule has 0 saturated carbocycles. The fourth-order valence-corrected chi connectivity index (χ4v) is 5.45. The van der Waals surface area contributed by atoms with E-state index in [1.54, 1.807) is 23.2 Å². The second-order valence-electron chi connectivity index (χ2n) is 8.86. The van der Waals surface area contributed by atoms with Crippen molar-refractivity contribution >= 4 is 68.4 Å². The van der Waals surface area contributed by atoms with Gasteiger partial charge in [0.2, 0.25) is 11.6 Å². The maximum atomic E-state index is 12.6. The molecule has 0 spiro atoms. The normalized spacial score (nSPS) is 9.91. The molecule has 0 atom stereocenters. The maximum Gasteiger partial charge on any atom is 0.300 e. The second-order valence-corrected chi connectivity index (χ2v) is 10.6. The molecule has 7 rings (SSSR count). The Morgan fingerprint density at radius 2 is 1.41 bits per heavy atom. The van der Waals surface area contributed by atoms with Crippen molar-refractivity contribution in [2.24, 2.45) is 5.73 Å². The number of para-hydroxylation sites is 2. The fourth-order valence-electron chi connectivity index (χ4n) is 3.99. The lowest BCUT2D eigenvalue weighted by atomic mass is 10.1. The summed E-state index contributed by atoms with van der Waals surface area (Å²) in [5.41, 5.74) is 8.36. The summed E-state index contributed by atoms with van der Waals surface area (Å²) in [5, 5.41) is 34.4. The summed E-state index contributed by atoms with van der Waals surface area (Å²) in [4.78, 5) is 52.4. The lowest BCUT2D eigenvalue weighted by molar-refractivity contribution is -0.134. The Balaban J connectivity index is 0.000000176. The fraction of sp³-hybridized carbons (Fsp3) is 0.0333. The molecular weight excluding hydrogens is 629 g/mol. The number of hydrogen-bond acceptors (Lipinski definition) is 11. The SMILES string of the molecule is CC(=O)O.N#Cc1csc(C(=O)c2c[nH]c3ccccc23)n1.N=CN.O=C(c1nc(-c2ncn[nH]2)cs1)c1c[nH]c2ccccc12. The molecule has 14 nitrogen and oxygen atoms in total. The van der Waals surface area contributed by atoms with Crippen molar-refractivity contribution in [1.82, 2.24) is 35.1 Å². The molecule has 0 bridgehead atoms. The van der Waals surface area contributed by atoms with Crippen molar-refractivity contribution < 1.29 is 19.5 Å². The van der Waals surface area contributed by atoms with Crippen LogP contribution in [0, 0.1) is 16.7 Å². The molecule has 0 saturated heterocycles. The quantitative estimate of drug-likeness (QED) is 0.0824. The summed E-state index contributed by atoms with van der Waals surface area (Å²) in [7, 11) is 0. The van der Waals surface area contributed by atoms with Crippen LogP contribution in [0.15, 0.2) is 78.0 Å². The Hall–Kier alpha value is -6.31. The first kappa shape index (κ1) is 32.6. The topological polar surface area (TPSA) is 244 Å². The molecule has 5 heterocycles. The third-order valence-electron chi connectivity index (χ3n) is 5.84. The second kappa shape index (κ2) is 15.4. The van der Waals surface area contributed by atoms with E-state index in [-0.39, 0.29) is 17.3 Å². The van der Waals surface area contributed by atoms with Gasteiger partial charge in [0.25, 0.3) is 5.97 Å². The first-order valence-corrected chi connectivity index (χ1v) is 14.8. The van der Waals surface area contributed by atoms with Gasteiger partial charge in [0, 0.05) is 51.9 Å². The number of aromatic nitrogens is 7.